The van der Waals surface area contributed by atoms with Gasteiger partial charge in [-0.3, -0.25) is 4.79 Å². The van der Waals surface area contributed by atoms with Crippen molar-refractivity contribution in [3.8, 4) is 0 Å². The largest absolute Gasteiger partial charge is 0.366 e. The Kier molecular flexibility index (Phi) is 5.77. The highest BCUT2D eigenvalue weighted by atomic mass is 35.5. The van der Waals surface area contributed by atoms with Gasteiger partial charge >= 0.3 is 0 Å². The maximum atomic E-state index is 12.2. The molecule has 4 nitrogen and oxygen atoms in total. The second kappa shape index (κ2) is 7.58. The minimum absolute atomic E-state index is 0. The Morgan fingerprint density at radius 1 is 1.27 bits per heavy atom. The van der Waals surface area contributed by atoms with Crippen LogP contribution in [0.3, 0.4) is 0 Å². The number of nitrogens with one attached hydrogen (secondary N) is 2. The molecule has 2 aromatic rings. The third-order valence-electron chi connectivity index (χ3n) is 3.85. The van der Waals surface area contributed by atoms with E-state index in [1.54, 1.807) is 0 Å². The van der Waals surface area contributed by atoms with Crippen molar-refractivity contribution in [1.29, 1.82) is 0 Å². The standard InChI is InChI=1S/C17H20N2O2.ClH/c1-12(19-17(20)16-11-18-8-9-21-16)14-7-6-13-4-2-3-5-15(13)10-14;/h2-7,10,12,16,18H,8-9,11H2,1H3,(H,19,20);1H. The molecule has 0 spiro atoms. The number of carbonyl (C=O) groups is 1. The van der Waals surface area contributed by atoms with Crippen LogP contribution < -0.4 is 10.6 Å². The fourth-order valence-corrected chi connectivity index (χ4v) is 2.60. The van der Waals surface area contributed by atoms with Crippen LogP contribution in [0.5, 0.6) is 0 Å². The molecule has 1 amide bonds. The highest BCUT2D eigenvalue weighted by Crippen LogP contribution is 2.20. The second-order valence-electron chi connectivity index (χ2n) is 5.40. The van der Waals surface area contributed by atoms with Gasteiger partial charge in [0, 0.05) is 13.1 Å². The van der Waals surface area contributed by atoms with Gasteiger partial charge in [0.15, 0.2) is 0 Å². The number of fused-ring (bicyclic) bond motifs is 1. The third kappa shape index (κ3) is 3.77. The van der Waals surface area contributed by atoms with Gasteiger partial charge in [-0.15, -0.1) is 12.4 Å². The van der Waals surface area contributed by atoms with Gasteiger partial charge in [0.05, 0.1) is 12.6 Å². The number of amides is 1. The second-order valence-corrected chi connectivity index (χ2v) is 5.40. The molecule has 0 radical (unpaired) electrons. The lowest BCUT2D eigenvalue weighted by atomic mass is 10.0. The van der Waals surface area contributed by atoms with Gasteiger partial charge in [0.2, 0.25) is 0 Å². The number of hydrogen-bond donors (Lipinski definition) is 2. The van der Waals surface area contributed by atoms with Crippen LogP contribution in [0.15, 0.2) is 42.5 Å². The molecule has 1 fully saturated rings. The monoisotopic (exact) mass is 320 g/mol. The molecule has 5 heteroatoms. The molecule has 1 aliphatic heterocycles. The van der Waals surface area contributed by atoms with E-state index in [2.05, 4.69) is 41.0 Å². The molecule has 0 saturated carbocycles. The maximum absolute atomic E-state index is 12.2. The summed E-state index contributed by atoms with van der Waals surface area (Å²) in [7, 11) is 0. The lowest BCUT2D eigenvalue weighted by Crippen LogP contribution is -2.48. The van der Waals surface area contributed by atoms with Crippen molar-refractivity contribution in [2.24, 2.45) is 0 Å². The van der Waals surface area contributed by atoms with Crippen LogP contribution in [0.2, 0.25) is 0 Å². The Labute approximate surface area is 136 Å². The molecular formula is C17H21ClN2O2. The molecule has 22 heavy (non-hydrogen) atoms. The van der Waals surface area contributed by atoms with Gasteiger partial charge < -0.3 is 15.4 Å². The molecule has 3 rings (SSSR count). The Bertz CT molecular complexity index is 641. The first-order valence-electron chi connectivity index (χ1n) is 7.35. The topological polar surface area (TPSA) is 50.4 Å². The fraction of sp³-hybridized carbons (Fsp3) is 0.353. The van der Waals surface area contributed by atoms with E-state index < -0.39 is 0 Å². The van der Waals surface area contributed by atoms with Crippen LogP contribution in [-0.2, 0) is 9.53 Å². The summed E-state index contributed by atoms with van der Waals surface area (Å²) in [6.07, 6.45) is -0.387. The SMILES string of the molecule is CC(NC(=O)C1CNCCO1)c1ccc2ccccc2c1.Cl. The van der Waals surface area contributed by atoms with Crippen molar-refractivity contribution >= 4 is 29.1 Å². The average molecular weight is 321 g/mol. The summed E-state index contributed by atoms with van der Waals surface area (Å²) in [5, 5.41) is 8.59. The smallest absolute Gasteiger partial charge is 0.250 e. The first-order chi connectivity index (χ1) is 10.2. The van der Waals surface area contributed by atoms with E-state index in [0.29, 0.717) is 13.2 Å². The Hall–Kier alpha value is -1.62. The Balaban J connectivity index is 0.00000176. The summed E-state index contributed by atoms with van der Waals surface area (Å²) in [6, 6.07) is 14.5. The minimum atomic E-state index is -0.387. The van der Waals surface area contributed by atoms with Crippen LogP contribution >= 0.6 is 12.4 Å². The summed E-state index contributed by atoms with van der Waals surface area (Å²) in [4.78, 5) is 12.2. The summed E-state index contributed by atoms with van der Waals surface area (Å²) >= 11 is 0. The summed E-state index contributed by atoms with van der Waals surface area (Å²) in [5.74, 6) is -0.0529. The van der Waals surface area contributed by atoms with Crippen molar-refractivity contribution in [1.82, 2.24) is 10.6 Å². The van der Waals surface area contributed by atoms with E-state index in [4.69, 9.17) is 4.74 Å². The van der Waals surface area contributed by atoms with E-state index >= 15 is 0 Å². The van der Waals surface area contributed by atoms with Crippen LogP contribution in [0, 0.1) is 0 Å². The van der Waals surface area contributed by atoms with Crippen LogP contribution in [-0.4, -0.2) is 31.7 Å². The molecular weight excluding hydrogens is 300 g/mol. The summed E-state index contributed by atoms with van der Waals surface area (Å²) in [6.45, 7) is 3.97. The van der Waals surface area contributed by atoms with Crippen LogP contribution in [0.25, 0.3) is 10.8 Å². The molecule has 2 aromatic carbocycles. The minimum Gasteiger partial charge on any atom is -0.366 e. The summed E-state index contributed by atoms with van der Waals surface area (Å²) < 4.78 is 5.47. The van der Waals surface area contributed by atoms with E-state index in [1.165, 1.54) is 10.8 Å². The first-order valence-corrected chi connectivity index (χ1v) is 7.35. The predicted octanol–water partition coefficient (Wildman–Crippen LogP) is 2.43. The number of ether oxygens (including phenoxy) is 1. The zero-order valence-corrected chi connectivity index (χ0v) is 13.4. The molecule has 0 aliphatic carbocycles. The highest BCUT2D eigenvalue weighted by Gasteiger charge is 2.23. The third-order valence-corrected chi connectivity index (χ3v) is 3.85. The van der Waals surface area contributed by atoms with Crippen molar-refractivity contribution in [2.45, 2.75) is 19.1 Å². The van der Waals surface area contributed by atoms with Crippen molar-refractivity contribution < 1.29 is 9.53 Å². The lowest BCUT2D eigenvalue weighted by molar-refractivity contribution is -0.134. The molecule has 2 atom stereocenters. The fourth-order valence-electron chi connectivity index (χ4n) is 2.60. The van der Waals surface area contributed by atoms with E-state index in [-0.39, 0.29) is 30.5 Å². The maximum Gasteiger partial charge on any atom is 0.250 e. The molecule has 0 bridgehead atoms. The average Bonchev–Trinajstić information content (AvgIpc) is 2.55. The van der Waals surface area contributed by atoms with Crippen molar-refractivity contribution in [3.63, 3.8) is 0 Å². The number of morpholine rings is 1. The molecule has 2 unspecified atom stereocenters. The normalized spacial score (nSPS) is 19.2. The summed E-state index contributed by atoms with van der Waals surface area (Å²) in [5.41, 5.74) is 1.10. The van der Waals surface area contributed by atoms with Gasteiger partial charge in [-0.25, -0.2) is 0 Å². The van der Waals surface area contributed by atoms with Crippen LogP contribution in [0.1, 0.15) is 18.5 Å². The van der Waals surface area contributed by atoms with Gasteiger partial charge in [-0.2, -0.15) is 0 Å². The number of carbonyl (C=O) groups excluding carboxylic acids is 1. The van der Waals surface area contributed by atoms with Crippen molar-refractivity contribution in [2.75, 3.05) is 19.7 Å². The van der Waals surface area contributed by atoms with Crippen LogP contribution in [0.4, 0.5) is 0 Å². The molecule has 1 aliphatic rings. The predicted molar refractivity (Wildman–Crippen MR) is 90.4 cm³/mol. The first kappa shape index (κ1) is 16.7. The molecule has 118 valence electrons. The molecule has 0 aromatic heterocycles. The number of rotatable bonds is 3. The lowest BCUT2D eigenvalue weighted by Gasteiger charge is -2.24. The highest BCUT2D eigenvalue weighted by molar-refractivity contribution is 5.85. The van der Waals surface area contributed by atoms with Gasteiger partial charge in [-0.1, -0.05) is 36.4 Å². The Morgan fingerprint density at radius 3 is 2.77 bits per heavy atom. The number of benzene rings is 2. The van der Waals surface area contributed by atoms with Gasteiger partial charge in [-0.05, 0) is 29.3 Å². The molecule has 2 N–H and O–H groups in total. The van der Waals surface area contributed by atoms with Gasteiger partial charge in [0.1, 0.15) is 6.10 Å². The van der Waals surface area contributed by atoms with E-state index in [9.17, 15) is 4.79 Å². The van der Waals surface area contributed by atoms with E-state index in [1.807, 2.05) is 19.1 Å². The number of hydrogen-bond acceptors (Lipinski definition) is 3. The molecule has 1 heterocycles. The van der Waals surface area contributed by atoms with Gasteiger partial charge in [0.25, 0.3) is 5.91 Å². The number of halogens is 1. The quantitative estimate of drug-likeness (QED) is 0.913. The Morgan fingerprint density at radius 2 is 2.05 bits per heavy atom. The zero-order chi connectivity index (χ0) is 14.7. The zero-order valence-electron chi connectivity index (χ0n) is 12.5. The molecule has 1 saturated heterocycles. The van der Waals surface area contributed by atoms with E-state index in [0.717, 1.165) is 12.1 Å². The van der Waals surface area contributed by atoms with Crippen molar-refractivity contribution in [3.05, 3.63) is 48.0 Å².